The van der Waals surface area contributed by atoms with E-state index in [1.807, 2.05) is 0 Å². The number of likely N-dealkylation sites (tertiary alicyclic amines) is 1. The van der Waals surface area contributed by atoms with E-state index in [1.165, 1.54) is 4.90 Å². The largest absolute Gasteiger partial charge is 0.373 e. The third-order valence-electron chi connectivity index (χ3n) is 6.05. The average molecular weight is 335 g/mol. The first-order valence-corrected chi connectivity index (χ1v) is 9.09. The summed E-state index contributed by atoms with van der Waals surface area (Å²) in [5.74, 6) is -0.980. The van der Waals surface area contributed by atoms with Crippen LogP contribution in [-0.2, 0) is 19.1 Å². The molecule has 0 aromatic carbocycles. The van der Waals surface area contributed by atoms with Gasteiger partial charge in [0.2, 0.25) is 17.7 Å². The molecule has 2 N–H and O–H groups in total. The predicted molar refractivity (Wildman–Crippen MR) is 84.8 cm³/mol. The molecule has 3 amide bonds. The van der Waals surface area contributed by atoms with Crippen LogP contribution in [0.4, 0.5) is 0 Å². The van der Waals surface area contributed by atoms with Crippen LogP contribution in [0.2, 0.25) is 0 Å². The maximum atomic E-state index is 12.5. The Kier molecular flexibility index (Phi) is 4.08. The lowest BCUT2D eigenvalue weighted by Gasteiger charge is -2.30. The summed E-state index contributed by atoms with van der Waals surface area (Å²) in [7, 11) is 0. The van der Waals surface area contributed by atoms with Crippen LogP contribution in [0.1, 0.15) is 39.0 Å². The van der Waals surface area contributed by atoms with Gasteiger partial charge in [0.1, 0.15) is 0 Å². The summed E-state index contributed by atoms with van der Waals surface area (Å²) in [5, 5.41) is 6.37. The van der Waals surface area contributed by atoms with Gasteiger partial charge in [-0.25, -0.2) is 0 Å². The standard InChI is InChI=1S/C17H25N3O4/c1-9-10(3-2-7-18-9)19-13(21)6-8-20-16(22)14-11-4-5-12(24-11)15(14)17(20)23/h9-12,14-15,18H,2-8H2,1H3,(H,19,21). The summed E-state index contributed by atoms with van der Waals surface area (Å²) in [6.07, 6.45) is 3.74. The molecule has 7 nitrogen and oxygen atoms in total. The van der Waals surface area contributed by atoms with Crippen LogP contribution in [-0.4, -0.2) is 60.0 Å². The molecule has 0 radical (unpaired) electrons. The Hall–Kier alpha value is -1.47. The molecule has 24 heavy (non-hydrogen) atoms. The minimum absolute atomic E-state index is 0.0903. The summed E-state index contributed by atoms with van der Waals surface area (Å²) >= 11 is 0. The van der Waals surface area contributed by atoms with Crippen molar-refractivity contribution in [2.45, 2.75) is 63.3 Å². The van der Waals surface area contributed by atoms with Crippen LogP contribution in [0.5, 0.6) is 0 Å². The summed E-state index contributed by atoms with van der Waals surface area (Å²) in [6.45, 7) is 3.23. The molecule has 0 spiro atoms. The van der Waals surface area contributed by atoms with Crippen molar-refractivity contribution in [1.82, 2.24) is 15.5 Å². The van der Waals surface area contributed by atoms with E-state index in [0.29, 0.717) is 0 Å². The number of rotatable bonds is 4. The number of amides is 3. The fourth-order valence-corrected chi connectivity index (χ4v) is 4.73. The number of piperidine rings is 1. The lowest BCUT2D eigenvalue weighted by atomic mass is 9.81. The van der Waals surface area contributed by atoms with Crippen LogP contribution in [0, 0.1) is 11.8 Å². The Morgan fingerprint density at radius 1 is 1.21 bits per heavy atom. The van der Waals surface area contributed by atoms with Crippen molar-refractivity contribution < 1.29 is 19.1 Å². The Balaban J connectivity index is 1.32. The Morgan fingerprint density at radius 2 is 1.88 bits per heavy atom. The van der Waals surface area contributed by atoms with Gasteiger partial charge in [-0.1, -0.05) is 0 Å². The van der Waals surface area contributed by atoms with Crippen molar-refractivity contribution in [3.05, 3.63) is 0 Å². The molecule has 0 aromatic rings. The molecule has 4 rings (SSSR count). The maximum Gasteiger partial charge on any atom is 0.235 e. The number of imide groups is 1. The van der Waals surface area contributed by atoms with E-state index in [4.69, 9.17) is 4.74 Å². The Morgan fingerprint density at radius 3 is 2.50 bits per heavy atom. The lowest BCUT2D eigenvalue weighted by Crippen LogP contribution is -2.52. The second-order valence-corrected chi connectivity index (χ2v) is 7.48. The first kappa shape index (κ1) is 16.0. The molecule has 4 aliphatic rings. The van der Waals surface area contributed by atoms with Gasteiger partial charge in [-0.05, 0) is 39.2 Å². The van der Waals surface area contributed by atoms with Gasteiger partial charge in [-0.2, -0.15) is 0 Å². The molecule has 4 aliphatic heterocycles. The van der Waals surface area contributed by atoms with E-state index < -0.39 is 0 Å². The van der Waals surface area contributed by atoms with Crippen molar-refractivity contribution >= 4 is 17.7 Å². The number of hydrogen-bond donors (Lipinski definition) is 2. The van der Waals surface area contributed by atoms with Crippen molar-refractivity contribution in [1.29, 1.82) is 0 Å². The molecule has 6 unspecified atom stereocenters. The zero-order chi connectivity index (χ0) is 16.8. The number of carbonyl (C=O) groups is 3. The van der Waals surface area contributed by atoms with Crippen molar-refractivity contribution in [3.63, 3.8) is 0 Å². The second-order valence-electron chi connectivity index (χ2n) is 7.48. The number of nitrogens with zero attached hydrogens (tertiary/aromatic N) is 1. The Labute approximate surface area is 141 Å². The maximum absolute atomic E-state index is 12.5. The van der Waals surface area contributed by atoms with Gasteiger partial charge in [-0.15, -0.1) is 0 Å². The van der Waals surface area contributed by atoms with E-state index in [0.717, 1.165) is 32.2 Å². The SMILES string of the molecule is CC1NCCCC1NC(=O)CCN1C(=O)C2C3CCC(O3)C2C1=O. The van der Waals surface area contributed by atoms with E-state index in [-0.39, 0.29) is 66.8 Å². The minimum Gasteiger partial charge on any atom is -0.373 e. The number of fused-ring (bicyclic) bond motifs is 5. The fourth-order valence-electron chi connectivity index (χ4n) is 4.73. The lowest BCUT2D eigenvalue weighted by molar-refractivity contribution is -0.142. The molecule has 4 heterocycles. The van der Waals surface area contributed by atoms with Crippen molar-refractivity contribution in [2.24, 2.45) is 11.8 Å². The molecule has 0 aromatic heterocycles. The molecule has 4 saturated heterocycles. The summed E-state index contributed by atoms with van der Waals surface area (Å²) in [5.41, 5.74) is 0. The quantitative estimate of drug-likeness (QED) is 0.695. The summed E-state index contributed by atoms with van der Waals surface area (Å²) < 4.78 is 5.71. The third kappa shape index (κ3) is 2.54. The van der Waals surface area contributed by atoms with E-state index in [9.17, 15) is 14.4 Å². The molecule has 132 valence electrons. The minimum atomic E-state index is -0.304. The van der Waals surface area contributed by atoms with E-state index in [2.05, 4.69) is 17.6 Å². The molecule has 4 fully saturated rings. The van der Waals surface area contributed by atoms with Gasteiger partial charge >= 0.3 is 0 Å². The molecular formula is C17H25N3O4. The third-order valence-corrected chi connectivity index (χ3v) is 6.05. The monoisotopic (exact) mass is 335 g/mol. The number of nitrogens with one attached hydrogen (secondary N) is 2. The number of carbonyl (C=O) groups excluding carboxylic acids is 3. The van der Waals surface area contributed by atoms with Crippen LogP contribution < -0.4 is 10.6 Å². The fraction of sp³-hybridized carbons (Fsp3) is 0.824. The number of ether oxygens (including phenoxy) is 1. The summed E-state index contributed by atoms with van der Waals surface area (Å²) in [6, 6.07) is 0.379. The molecule has 0 aliphatic carbocycles. The summed E-state index contributed by atoms with van der Waals surface area (Å²) in [4.78, 5) is 38.5. The first-order valence-electron chi connectivity index (χ1n) is 9.09. The van der Waals surface area contributed by atoms with E-state index in [1.54, 1.807) is 0 Å². The highest BCUT2D eigenvalue weighted by molar-refractivity contribution is 6.06. The van der Waals surface area contributed by atoms with Gasteiger partial charge in [-0.3, -0.25) is 19.3 Å². The predicted octanol–water partition coefficient (Wildman–Crippen LogP) is -0.204. The van der Waals surface area contributed by atoms with Crippen LogP contribution >= 0.6 is 0 Å². The molecular weight excluding hydrogens is 310 g/mol. The van der Waals surface area contributed by atoms with Crippen LogP contribution in [0.3, 0.4) is 0 Å². The van der Waals surface area contributed by atoms with Gasteiger partial charge in [0.15, 0.2) is 0 Å². The molecule has 0 saturated carbocycles. The van der Waals surface area contributed by atoms with E-state index >= 15 is 0 Å². The average Bonchev–Trinajstić information content (AvgIpc) is 3.23. The Bertz CT molecular complexity index is 538. The van der Waals surface area contributed by atoms with Gasteiger partial charge in [0.25, 0.3) is 0 Å². The molecule has 7 heteroatoms. The highest BCUT2D eigenvalue weighted by Crippen LogP contribution is 2.48. The number of hydrogen-bond acceptors (Lipinski definition) is 5. The topological polar surface area (TPSA) is 87.7 Å². The zero-order valence-corrected chi connectivity index (χ0v) is 14.0. The van der Waals surface area contributed by atoms with Gasteiger partial charge in [0, 0.05) is 25.0 Å². The zero-order valence-electron chi connectivity index (χ0n) is 14.0. The second kappa shape index (κ2) is 6.11. The van der Waals surface area contributed by atoms with Crippen LogP contribution in [0.25, 0.3) is 0 Å². The highest BCUT2D eigenvalue weighted by atomic mass is 16.5. The van der Waals surface area contributed by atoms with Gasteiger partial charge < -0.3 is 15.4 Å². The normalized spacial score (nSPS) is 41.0. The molecule has 2 bridgehead atoms. The highest BCUT2D eigenvalue weighted by Gasteiger charge is 2.62. The smallest absolute Gasteiger partial charge is 0.235 e. The van der Waals surface area contributed by atoms with Gasteiger partial charge in [0.05, 0.1) is 24.0 Å². The van der Waals surface area contributed by atoms with Crippen LogP contribution in [0.15, 0.2) is 0 Å². The first-order chi connectivity index (χ1) is 11.6. The van der Waals surface area contributed by atoms with Crippen molar-refractivity contribution in [2.75, 3.05) is 13.1 Å². The molecule has 6 atom stereocenters. The van der Waals surface area contributed by atoms with Crippen molar-refractivity contribution in [3.8, 4) is 0 Å².